The lowest BCUT2D eigenvalue weighted by Gasteiger charge is -2.45. The predicted molar refractivity (Wildman–Crippen MR) is 236 cm³/mol. The Kier molecular flexibility index (Phi) is 10.5. The molecule has 1 aliphatic carbocycles. The largest absolute Gasteiger partial charge is 0.465 e. The van der Waals surface area contributed by atoms with Crippen LogP contribution >= 0.6 is 0 Å². The first kappa shape index (κ1) is 39.8. The number of ether oxygens (including phenoxy) is 3. The van der Waals surface area contributed by atoms with Crippen LogP contribution in [0.2, 0.25) is 0 Å². The highest BCUT2D eigenvalue weighted by Crippen LogP contribution is 2.46. The van der Waals surface area contributed by atoms with E-state index in [4.69, 9.17) is 24.2 Å². The Bertz CT molecular complexity index is 2630. The predicted octanol–water partition coefficient (Wildman–Crippen LogP) is 7.69. The number of hydrogen-bond acceptors (Lipinski definition) is 9. The van der Waals surface area contributed by atoms with Crippen molar-refractivity contribution < 1.29 is 24.1 Å². The van der Waals surface area contributed by atoms with E-state index in [2.05, 4.69) is 80.8 Å². The fourth-order valence-corrected chi connectivity index (χ4v) is 9.96. The van der Waals surface area contributed by atoms with Crippen LogP contribution in [0.5, 0.6) is 0 Å². The van der Waals surface area contributed by atoms with Gasteiger partial charge in [-0.3, -0.25) is 4.79 Å². The van der Waals surface area contributed by atoms with E-state index in [0.29, 0.717) is 24.1 Å². The molecule has 4 fully saturated rings. The van der Waals surface area contributed by atoms with Crippen LogP contribution in [0.25, 0.3) is 43.7 Å². The van der Waals surface area contributed by atoms with Crippen molar-refractivity contribution in [1.29, 1.82) is 0 Å². The lowest BCUT2D eigenvalue weighted by molar-refractivity contribution is -0.197. The van der Waals surface area contributed by atoms with Gasteiger partial charge in [0.1, 0.15) is 5.52 Å². The minimum Gasteiger partial charge on any atom is -0.465 e. The summed E-state index contributed by atoms with van der Waals surface area (Å²) >= 11 is 0. The number of hydrogen-bond donors (Lipinski definition) is 3. The van der Waals surface area contributed by atoms with Crippen molar-refractivity contribution in [3.05, 3.63) is 101 Å². The topological polar surface area (TPSA) is 147 Å². The van der Waals surface area contributed by atoms with Gasteiger partial charge < -0.3 is 44.0 Å². The highest BCUT2D eigenvalue weighted by molar-refractivity contribution is 5.98. The number of aryl methyl sites for hydroxylation is 1. The number of rotatable bonds is 11. The lowest BCUT2D eigenvalue weighted by atomic mass is 9.84. The zero-order chi connectivity index (χ0) is 41.7. The van der Waals surface area contributed by atoms with Crippen LogP contribution in [-0.2, 0) is 26.9 Å². The maximum Gasteiger partial charge on any atom is 0.405 e. The molecule has 6 aromatic rings. The van der Waals surface area contributed by atoms with E-state index in [9.17, 15) is 14.7 Å². The van der Waals surface area contributed by atoms with Crippen molar-refractivity contribution in [2.75, 3.05) is 44.3 Å². The van der Waals surface area contributed by atoms with Gasteiger partial charge in [-0.1, -0.05) is 48.5 Å². The summed E-state index contributed by atoms with van der Waals surface area (Å²) in [5.41, 5.74) is 3.39. The second-order valence-corrected chi connectivity index (χ2v) is 17.9. The molecule has 10 rings (SSSR count). The summed E-state index contributed by atoms with van der Waals surface area (Å²) in [5, 5.41) is 16.1. The fraction of sp³-hybridized carbons (Fsp3) is 0.458. The maximum atomic E-state index is 13.1. The first-order valence-corrected chi connectivity index (χ1v) is 22.1. The summed E-state index contributed by atoms with van der Waals surface area (Å²) < 4.78 is 22.2. The van der Waals surface area contributed by atoms with Gasteiger partial charge in [-0.2, -0.15) is 0 Å². The Morgan fingerprint density at radius 3 is 2.52 bits per heavy atom. The zero-order valence-electron chi connectivity index (χ0n) is 35.1. The van der Waals surface area contributed by atoms with Gasteiger partial charge in [-0.05, 0) is 99.2 Å². The lowest BCUT2D eigenvalue weighted by Crippen LogP contribution is -2.56. The first-order valence-electron chi connectivity index (χ1n) is 22.1. The average Bonchev–Trinajstić information content (AvgIpc) is 3.96. The van der Waals surface area contributed by atoms with Crippen LogP contribution in [0.1, 0.15) is 76.0 Å². The van der Waals surface area contributed by atoms with Crippen LogP contribution in [0.3, 0.4) is 0 Å². The maximum absolute atomic E-state index is 13.1. The smallest absolute Gasteiger partial charge is 0.405 e. The Labute approximate surface area is 355 Å². The minimum absolute atomic E-state index is 0.0301. The van der Waals surface area contributed by atoms with Crippen LogP contribution in [-0.4, -0.2) is 99.0 Å². The van der Waals surface area contributed by atoms with Gasteiger partial charge in [0.15, 0.2) is 11.9 Å². The number of carbonyl (C=O) groups is 1. The summed E-state index contributed by atoms with van der Waals surface area (Å²) in [5.74, 6) is 0.665. The summed E-state index contributed by atoms with van der Waals surface area (Å²) in [6, 6.07) is 23.6. The standard InChI is InChI=1S/C48H55N7O6/c1-47(52-46(57)58)20-25-54(26-21-47)33-18-23-55(24-19-33)45-50-40-16-13-32(38-29-53(2)44(56)42-36(38)17-22-49-42)28-37(40)43(51-45)48(61-34-14-15-34,30-60-41-12-5-6-27-59-41)39-11-7-9-31-8-3-4-10-35(31)39/h3-4,7-11,13,16-17,22,28-29,33-34,41,49,52H,5-6,12,14-15,18-21,23-27,30H2,1-2H3,(H,57,58). The minimum atomic E-state index is -1.13. The van der Waals surface area contributed by atoms with E-state index >= 15 is 0 Å². The molecular formula is C48H55N7O6. The molecule has 3 aromatic carbocycles. The number of anilines is 1. The Morgan fingerprint density at radius 1 is 0.951 bits per heavy atom. The number of pyridine rings is 1. The van der Waals surface area contributed by atoms with Gasteiger partial charge in [-0.25, -0.2) is 14.8 Å². The molecule has 4 aliphatic rings. The molecule has 318 valence electrons. The molecule has 3 aliphatic heterocycles. The Balaban J connectivity index is 1.10. The van der Waals surface area contributed by atoms with Gasteiger partial charge in [-0.15, -0.1) is 0 Å². The molecule has 13 heteroatoms. The van der Waals surface area contributed by atoms with Crippen molar-refractivity contribution in [2.45, 2.75) is 94.3 Å². The zero-order valence-corrected chi connectivity index (χ0v) is 35.1. The number of nitrogens with zero attached hydrogens (tertiary/aromatic N) is 5. The summed E-state index contributed by atoms with van der Waals surface area (Å²) in [4.78, 5) is 43.6. The van der Waals surface area contributed by atoms with E-state index in [1.165, 1.54) is 0 Å². The highest BCUT2D eigenvalue weighted by atomic mass is 16.7. The number of piperidine rings is 2. The normalized spacial score (nSPS) is 21.2. The average molecular weight is 826 g/mol. The van der Waals surface area contributed by atoms with Crippen molar-refractivity contribution in [3.63, 3.8) is 0 Å². The van der Waals surface area contributed by atoms with E-state index in [0.717, 1.165) is 133 Å². The van der Waals surface area contributed by atoms with Crippen molar-refractivity contribution >= 4 is 44.6 Å². The molecule has 6 heterocycles. The number of benzene rings is 3. The molecule has 3 N–H and O–H groups in total. The molecule has 0 bridgehead atoms. The molecule has 2 unspecified atom stereocenters. The molecule has 1 saturated carbocycles. The molecule has 1 amide bonds. The third kappa shape index (κ3) is 7.77. The van der Waals surface area contributed by atoms with Crippen molar-refractivity contribution in [3.8, 4) is 11.1 Å². The number of aromatic nitrogens is 4. The number of nitrogens with one attached hydrogen (secondary N) is 2. The number of likely N-dealkylation sites (tertiary alicyclic amines) is 1. The van der Waals surface area contributed by atoms with Crippen molar-refractivity contribution in [2.24, 2.45) is 7.05 Å². The second kappa shape index (κ2) is 16.2. The second-order valence-electron chi connectivity index (χ2n) is 17.9. The van der Waals surface area contributed by atoms with E-state index < -0.39 is 17.2 Å². The molecule has 3 aromatic heterocycles. The molecule has 13 nitrogen and oxygen atoms in total. The molecule has 61 heavy (non-hydrogen) atoms. The van der Waals surface area contributed by atoms with Gasteiger partial charge >= 0.3 is 6.09 Å². The summed E-state index contributed by atoms with van der Waals surface area (Å²) in [6.45, 7) is 6.18. The highest BCUT2D eigenvalue weighted by Gasteiger charge is 2.46. The van der Waals surface area contributed by atoms with Crippen molar-refractivity contribution in [1.82, 2.24) is 29.7 Å². The number of fused-ring (bicyclic) bond motifs is 3. The van der Waals surface area contributed by atoms with Gasteiger partial charge in [0, 0.05) is 85.7 Å². The SMILES string of the molecule is Cn1cc(-c2ccc3nc(N4CCC(N5CCC(C)(NC(=O)O)CC5)CC4)nc(C(COC4CCCCO4)(OC4CC4)c4cccc5ccccc45)c3c2)c2cc[nH]c2c1=O. The van der Waals surface area contributed by atoms with Crippen LogP contribution < -0.4 is 15.8 Å². The molecule has 2 atom stereocenters. The van der Waals surface area contributed by atoms with Gasteiger partial charge in [0.2, 0.25) is 5.95 Å². The Morgan fingerprint density at radius 2 is 1.75 bits per heavy atom. The Hall–Kier alpha value is -5.34. The number of amides is 1. The molecule has 3 saturated heterocycles. The van der Waals surface area contributed by atoms with Gasteiger partial charge in [0.25, 0.3) is 5.56 Å². The molecular weight excluding hydrogens is 771 g/mol. The third-order valence-corrected chi connectivity index (χ3v) is 13.6. The van der Waals surface area contributed by atoms with Gasteiger partial charge in [0.05, 0.1) is 23.9 Å². The summed E-state index contributed by atoms with van der Waals surface area (Å²) in [7, 11) is 1.79. The van der Waals surface area contributed by atoms with Crippen LogP contribution in [0.4, 0.5) is 10.7 Å². The van der Waals surface area contributed by atoms with E-state index in [-0.39, 0.29) is 24.6 Å². The van der Waals surface area contributed by atoms with Crippen LogP contribution in [0, 0.1) is 0 Å². The van der Waals surface area contributed by atoms with Crippen LogP contribution in [0.15, 0.2) is 83.9 Å². The van der Waals surface area contributed by atoms with E-state index in [1.54, 1.807) is 11.6 Å². The molecule has 0 spiro atoms. The number of H-pyrrole nitrogens is 1. The monoisotopic (exact) mass is 825 g/mol. The third-order valence-electron chi connectivity index (χ3n) is 13.6. The quantitative estimate of drug-likeness (QED) is 0.119. The fourth-order valence-electron chi connectivity index (χ4n) is 9.96. The molecule has 0 radical (unpaired) electrons. The number of aromatic amines is 1. The summed E-state index contributed by atoms with van der Waals surface area (Å²) in [6.07, 6.45) is 10.7. The first-order chi connectivity index (χ1) is 29.7. The number of carboxylic acid groups (broad SMARTS) is 1. The van der Waals surface area contributed by atoms with E-state index in [1.807, 2.05) is 25.4 Å².